The predicted octanol–water partition coefficient (Wildman–Crippen LogP) is -17.3. The fourth-order valence-corrected chi connectivity index (χ4v) is 5.09. The maximum atomic E-state index is 11.5. The maximum absolute atomic E-state index is 11.5. The maximum Gasteiger partial charge on any atom is 1.00 e. The normalized spacial score (nSPS) is 24.4. The second kappa shape index (κ2) is 16.4. The van der Waals surface area contributed by atoms with Crippen LogP contribution in [0, 0.1) is 10.1 Å². The van der Waals surface area contributed by atoms with E-state index in [0.717, 1.165) is 23.0 Å². The molecular weight excluding hydrogens is 561 g/mol. The molecule has 2 rings (SSSR count). The van der Waals surface area contributed by atoms with Crippen molar-refractivity contribution >= 4 is 29.9 Å². The Hall–Kier alpha value is 3.29. The van der Waals surface area contributed by atoms with E-state index in [0.29, 0.717) is 0 Å². The van der Waals surface area contributed by atoms with Crippen LogP contribution in [0.15, 0.2) is 18.5 Å². The number of phosphoric acid groups is 3. The molecule has 166 valence electrons. The van der Waals surface area contributed by atoms with E-state index in [1.807, 2.05) is 0 Å². The van der Waals surface area contributed by atoms with Crippen molar-refractivity contribution in [2.24, 2.45) is 0 Å². The minimum absolute atomic E-state index is 0. The molecule has 5 atom stereocenters. The van der Waals surface area contributed by atoms with Gasteiger partial charge in [0.15, 0.2) is 6.23 Å². The second-order valence-corrected chi connectivity index (χ2v) is 9.67. The van der Waals surface area contributed by atoms with Crippen molar-refractivity contribution in [3.05, 3.63) is 28.6 Å². The summed E-state index contributed by atoms with van der Waals surface area (Å²) in [4.78, 5) is 74.6. The number of aromatic nitrogens is 1. The summed E-state index contributed by atoms with van der Waals surface area (Å²) >= 11 is 0. The minimum atomic E-state index is -6.15. The third-order valence-corrected chi connectivity index (χ3v) is 7.00. The van der Waals surface area contributed by atoms with Gasteiger partial charge in [0.25, 0.3) is 5.69 Å². The molecule has 2 heterocycles. The molecule has 1 aliphatic heterocycles. The Bertz CT molecular complexity index is 797. The molecule has 1 saturated heterocycles. The third-order valence-electron chi connectivity index (χ3n) is 3.34. The van der Waals surface area contributed by atoms with E-state index >= 15 is 0 Å². The number of ether oxygens (including phenoxy) is 1. The third kappa shape index (κ3) is 13.3. The standard InChI is InChI=1S/C9H15N2O15P3.4Na/c12-7-6(4-23-28(19,20)26-29(21,22)25-27(16,17)18)24-9(8(7)13)10-2-1-5(3-10)11(14)15;;;;/h1-3,6-9,12-13H,4H2,(H,19,20)(H,21,22)(H2,16,17,18);;;;/q;4*+1/p-4/t6-,7-,8-,9-;;;;/m1..../s1. The molecule has 1 aliphatic rings. The van der Waals surface area contributed by atoms with E-state index in [9.17, 15) is 54.3 Å². The van der Waals surface area contributed by atoms with Crippen molar-refractivity contribution in [3.8, 4) is 0 Å². The van der Waals surface area contributed by atoms with Crippen LogP contribution in [0.4, 0.5) is 5.69 Å². The first-order valence-corrected chi connectivity index (χ1v) is 11.5. The summed E-state index contributed by atoms with van der Waals surface area (Å²) in [5.74, 6) is 0. The average molecular weight is 572 g/mol. The van der Waals surface area contributed by atoms with Gasteiger partial charge in [-0.05, 0) is 0 Å². The Balaban J connectivity index is -0.00000225. The molecule has 1 fully saturated rings. The first-order chi connectivity index (χ1) is 13.1. The average Bonchev–Trinajstić information content (AvgIpc) is 3.09. The zero-order valence-electron chi connectivity index (χ0n) is 17.7. The van der Waals surface area contributed by atoms with Crippen molar-refractivity contribution in [1.29, 1.82) is 0 Å². The van der Waals surface area contributed by atoms with Gasteiger partial charge in [0.1, 0.15) is 24.9 Å². The number of rotatable bonds is 9. The van der Waals surface area contributed by atoms with Crippen LogP contribution < -0.4 is 148 Å². The van der Waals surface area contributed by atoms with Crippen molar-refractivity contribution in [2.75, 3.05) is 6.61 Å². The number of aliphatic hydroxyl groups is 2. The molecule has 0 saturated carbocycles. The van der Waals surface area contributed by atoms with E-state index in [-0.39, 0.29) is 124 Å². The van der Waals surface area contributed by atoms with Gasteiger partial charge in [-0.2, -0.15) is 4.31 Å². The van der Waals surface area contributed by atoms with E-state index < -0.39 is 60.2 Å². The summed E-state index contributed by atoms with van der Waals surface area (Å²) in [5.41, 5.74) is -0.368. The number of aliphatic hydroxyl groups excluding tert-OH is 2. The number of hydrogen-bond donors (Lipinski definition) is 2. The monoisotopic (exact) mass is 572 g/mol. The van der Waals surface area contributed by atoms with Crippen LogP contribution in [0.2, 0.25) is 0 Å². The number of nitrogens with zero attached hydrogens (tertiary/aromatic N) is 2. The molecule has 24 heteroatoms. The summed E-state index contributed by atoms with van der Waals surface area (Å²) in [7, 11) is -18.1. The summed E-state index contributed by atoms with van der Waals surface area (Å²) in [5, 5.41) is 30.5. The first kappa shape index (κ1) is 40.8. The van der Waals surface area contributed by atoms with E-state index in [2.05, 4.69) is 13.1 Å². The molecule has 17 nitrogen and oxygen atoms in total. The van der Waals surface area contributed by atoms with Gasteiger partial charge >= 0.3 is 126 Å². The Morgan fingerprint density at radius 3 is 2.09 bits per heavy atom. The molecule has 1 unspecified atom stereocenters. The molecule has 0 amide bonds. The summed E-state index contributed by atoms with van der Waals surface area (Å²) in [6, 6.07) is 1.06. The van der Waals surface area contributed by atoms with E-state index in [1.54, 1.807) is 0 Å². The number of phosphoric ester groups is 1. The molecule has 0 bridgehead atoms. The predicted molar refractivity (Wildman–Crippen MR) is 76.6 cm³/mol. The van der Waals surface area contributed by atoms with Crippen LogP contribution in [0.5, 0.6) is 0 Å². The largest absolute Gasteiger partial charge is 1.00 e. The number of nitro groups is 1. The molecule has 1 aromatic rings. The fourth-order valence-electron chi connectivity index (χ4n) is 2.23. The second-order valence-electron chi connectivity index (χ2n) is 5.42. The summed E-state index contributed by atoms with van der Waals surface area (Å²) in [6.45, 7) is -1.12. The summed E-state index contributed by atoms with van der Waals surface area (Å²) in [6.07, 6.45) is -4.35. The Kier molecular flexibility index (Phi) is 20.3. The molecule has 0 aromatic carbocycles. The zero-order valence-corrected chi connectivity index (χ0v) is 28.4. The SMILES string of the molecule is O=[N+]([O-])c1ccn([C@@H]2O[C@H](CO[P+]([O-])([O-])OP(=O)([O-])O[P+]([O-])([O-])[O-])[C@@H](O)[C@H]2O)c1.[Na+].[Na+].[Na+].[Na+]. The molecule has 1 aromatic heterocycles. The van der Waals surface area contributed by atoms with Crippen LogP contribution in [-0.2, 0) is 22.4 Å². The van der Waals surface area contributed by atoms with Gasteiger partial charge < -0.3 is 48.9 Å². The molecule has 33 heavy (non-hydrogen) atoms. The zero-order chi connectivity index (χ0) is 22.2. The van der Waals surface area contributed by atoms with E-state index in [4.69, 9.17) is 4.74 Å². The van der Waals surface area contributed by atoms with Crippen molar-refractivity contribution in [1.82, 2.24) is 4.57 Å². The first-order valence-electron chi connectivity index (χ1n) is 7.15. The molecular formula is C9H11N2Na4O15P3. The Morgan fingerprint density at radius 2 is 1.64 bits per heavy atom. The van der Waals surface area contributed by atoms with Gasteiger partial charge in [-0.1, -0.05) is 0 Å². The topological polar surface area (TPSA) is 281 Å². The minimum Gasteiger partial charge on any atom is -0.751 e. The smallest absolute Gasteiger partial charge is 0.751 e. The number of hydrogen-bond acceptors (Lipinski definition) is 15. The van der Waals surface area contributed by atoms with Crippen LogP contribution in [0.3, 0.4) is 0 Å². The molecule has 2 N–H and O–H groups in total. The fraction of sp³-hybridized carbons (Fsp3) is 0.556. The Morgan fingerprint density at radius 1 is 1.09 bits per heavy atom. The quantitative estimate of drug-likeness (QED) is 0.120. The van der Waals surface area contributed by atoms with E-state index in [1.165, 1.54) is 0 Å². The van der Waals surface area contributed by atoms with Crippen molar-refractivity contribution in [3.63, 3.8) is 0 Å². The summed E-state index contributed by atoms with van der Waals surface area (Å²) < 4.78 is 27.7. The van der Waals surface area contributed by atoms with Gasteiger partial charge in [-0.15, -0.1) is 4.31 Å². The van der Waals surface area contributed by atoms with Gasteiger partial charge in [0, 0.05) is 20.4 Å². The van der Waals surface area contributed by atoms with Crippen LogP contribution in [0.25, 0.3) is 0 Å². The van der Waals surface area contributed by atoms with Crippen LogP contribution >= 0.6 is 24.2 Å². The van der Waals surface area contributed by atoms with Gasteiger partial charge in [-0.3, -0.25) is 14.7 Å². The molecule has 0 aliphatic carbocycles. The van der Waals surface area contributed by atoms with Crippen molar-refractivity contribution in [2.45, 2.75) is 24.5 Å². The molecule has 0 spiro atoms. The van der Waals surface area contributed by atoms with Gasteiger partial charge in [0.2, 0.25) is 8.17 Å². The van der Waals surface area contributed by atoms with Crippen LogP contribution in [-0.4, -0.2) is 44.6 Å². The van der Waals surface area contributed by atoms with Crippen molar-refractivity contribution < 1.29 is 185 Å². The molecule has 0 radical (unpaired) electrons. The van der Waals surface area contributed by atoms with Crippen LogP contribution in [0.1, 0.15) is 6.23 Å². The van der Waals surface area contributed by atoms with Gasteiger partial charge in [-0.25, -0.2) is 4.52 Å². The Labute approximate surface area is 275 Å². The van der Waals surface area contributed by atoms with Gasteiger partial charge in [0.05, 0.1) is 11.1 Å².